The molecule has 2 heterocycles. The van der Waals surface area contributed by atoms with E-state index in [2.05, 4.69) is 14.9 Å². The van der Waals surface area contributed by atoms with Gasteiger partial charge in [0.15, 0.2) is 0 Å². The van der Waals surface area contributed by atoms with Crippen LogP contribution >= 0.6 is 0 Å². The van der Waals surface area contributed by atoms with Crippen LogP contribution < -0.4 is 5.56 Å². The molecular weight excluding hydrogens is 228 g/mol. The van der Waals surface area contributed by atoms with Crippen molar-refractivity contribution in [2.24, 2.45) is 0 Å². The molecule has 0 spiro atoms. The minimum Gasteiger partial charge on any atom is -0.309 e. The molecule has 0 radical (unpaired) electrons. The maximum absolute atomic E-state index is 12.1. The zero-order chi connectivity index (χ0) is 13.1. The summed E-state index contributed by atoms with van der Waals surface area (Å²) in [6, 6.07) is 1.85. The summed E-state index contributed by atoms with van der Waals surface area (Å²) < 4.78 is 1.79. The second kappa shape index (κ2) is 5.27. The summed E-state index contributed by atoms with van der Waals surface area (Å²) in [7, 11) is 4.06. The summed E-state index contributed by atoms with van der Waals surface area (Å²) in [6.07, 6.45) is 4.33. The molecule has 18 heavy (non-hydrogen) atoms. The van der Waals surface area contributed by atoms with Gasteiger partial charge in [-0.15, -0.1) is 0 Å². The molecule has 2 rings (SSSR count). The Labute approximate surface area is 106 Å². The molecule has 5 heteroatoms. The van der Waals surface area contributed by atoms with E-state index < -0.39 is 0 Å². The first-order chi connectivity index (χ1) is 8.59. The number of nitrogens with zero attached hydrogens (tertiary/aromatic N) is 4. The van der Waals surface area contributed by atoms with Gasteiger partial charge in [-0.25, -0.2) is 4.98 Å². The molecule has 0 aliphatic rings. The molecule has 0 aliphatic carbocycles. The third kappa shape index (κ3) is 2.56. The van der Waals surface area contributed by atoms with Crippen molar-refractivity contribution in [3.63, 3.8) is 0 Å². The number of aromatic nitrogens is 3. The smallest absolute Gasteiger partial charge is 0.272 e. The summed E-state index contributed by atoms with van der Waals surface area (Å²) >= 11 is 0. The van der Waals surface area contributed by atoms with Gasteiger partial charge in [0.05, 0.1) is 11.7 Å². The van der Waals surface area contributed by atoms with Gasteiger partial charge in [-0.1, -0.05) is 0 Å². The number of fused-ring (bicyclic) bond motifs is 1. The van der Waals surface area contributed by atoms with Gasteiger partial charge in [0.1, 0.15) is 11.2 Å². The largest absolute Gasteiger partial charge is 0.309 e. The van der Waals surface area contributed by atoms with Gasteiger partial charge < -0.3 is 9.47 Å². The first-order valence-corrected chi connectivity index (χ1v) is 6.05. The highest BCUT2D eigenvalue weighted by molar-refractivity contribution is 5.73. The summed E-state index contributed by atoms with van der Waals surface area (Å²) in [4.78, 5) is 22.6. The number of pyridine rings is 1. The lowest BCUT2D eigenvalue weighted by molar-refractivity contribution is 0.386. The Morgan fingerprint density at radius 3 is 2.89 bits per heavy atom. The Bertz CT molecular complexity index is 603. The Kier molecular flexibility index (Phi) is 3.72. The standard InChI is InChI=1S/C13H18N4O/c1-10-13(18)17(8-4-7-16(2)3)12-5-6-14-9-11(12)15-10/h5-6,9H,4,7-8H2,1-3H3. The molecule has 0 aromatic carbocycles. The van der Waals surface area contributed by atoms with Crippen molar-refractivity contribution in [1.82, 2.24) is 19.4 Å². The summed E-state index contributed by atoms with van der Waals surface area (Å²) in [5.74, 6) is 0. The highest BCUT2D eigenvalue weighted by Crippen LogP contribution is 2.08. The van der Waals surface area contributed by atoms with Crippen molar-refractivity contribution >= 4 is 11.0 Å². The molecule has 5 nitrogen and oxygen atoms in total. The van der Waals surface area contributed by atoms with E-state index in [9.17, 15) is 4.79 Å². The molecule has 0 unspecified atom stereocenters. The number of hydrogen-bond acceptors (Lipinski definition) is 4. The van der Waals surface area contributed by atoms with Crippen LogP contribution in [0.4, 0.5) is 0 Å². The fraction of sp³-hybridized carbons (Fsp3) is 0.462. The lowest BCUT2D eigenvalue weighted by atomic mass is 10.3. The molecule has 2 aromatic heterocycles. The van der Waals surface area contributed by atoms with Crippen LogP contribution in [-0.2, 0) is 6.54 Å². The third-order valence-electron chi connectivity index (χ3n) is 2.90. The van der Waals surface area contributed by atoms with Crippen molar-refractivity contribution in [2.75, 3.05) is 20.6 Å². The van der Waals surface area contributed by atoms with Crippen LogP contribution in [0, 0.1) is 6.92 Å². The van der Waals surface area contributed by atoms with E-state index in [0.717, 1.165) is 24.0 Å². The van der Waals surface area contributed by atoms with Gasteiger partial charge >= 0.3 is 0 Å². The molecule has 0 fully saturated rings. The minimum atomic E-state index is -0.00699. The van der Waals surface area contributed by atoms with Crippen molar-refractivity contribution in [3.05, 3.63) is 34.5 Å². The topological polar surface area (TPSA) is 51.0 Å². The Morgan fingerprint density at radius 1 is 1.39 bits per heavy atom. The highest BCUT2D eigenvalue weighted by Gasteiger charge is 2.07. The van der Waals surface area contributed by atoms with E-state index in [1.54, 1.807) is 23.9 Å². The summed E-state index contributed by atoms with van der Waals surface area (Å²) in [5, 5.41) is 0. The van der Waals surface area contributed by atoms with Gasteiger partial charge in [-0.05, 0) is 40.1 Å². The number of aryl methyl sites for hydroxylation is 2. The fourth-order valence-electron chi connectivity index (χ4n) is 1.99. The van der Waals surface area contributed by atoms with E-state index in [1.807, 2.05) is 20.2 Å². The second-order valence-electron chi connectivity index (χ2n) is 4.68. The Hall–Kier alpha value is -1.75. The first kappa shape index (κ1) is 12.7. The van der Waals surface area contributed by atoms with Crippen LogP contribution in [-0.4, -0.2) is 40.1 Å². The van der Waals surface area contributed by atoms with Crippen molar-refractivity contribution in [3.8, 4) is 0 Å². The van der Waals surface area contributed by atoms with E-state index in [-0.39, 0.29) is 5.56 Å². The van der Waals surface area contributed by atoms with Gasteiger partial charge in [0.2, 0.25) is 0 Å². The van der Waals surface area contributed by atoms with Crippen LogP contribution in [0.2, 0.25) is 0 Å². The lowest BCUT2D eigenvalue weighted by Crippen LogP contribution is -2.26. The average Bonchev–Trinajstić information content (AvgIpc) is 2.33. The molecule has 0 bridgehead atoms. The van der Waals surface area contributed by atoms with Gasteiger partial charge in [0.25, 0.3) is 5.56 Å². The lowest BCUT2D eigenvalue weighted by Gasteiger charge is -2.13. The summed E-state index contributed by atoms with van der Waals surface area (Å²) in [6.45, 7) is 3.42. The van der Waals surface area contributed by atoms with Crippen LogP contribution in [0.15, 0.2) is 23.3 Å². The number of hydrogen-bond donors (Lipinski definition) is 0. The molecule has 2 aromatic rings. The quantitative estimate of drug-likeness (QED) is 0.809. The molecule has 0 saturated carbocycles. The van der Waals surface area contributed by atoms with E-state index in [1.165, 1.54) is 0 Å². The third-order valence-corrected chi connectivity index (χ3v) is 2.90. The maximum Gasteiger partial charge on any atom is 0.272 e. The van der Waals surface area contributed by atoms with E-state index in [0.29, 0.717) is 12.2 Å². The molecule has 96 valence electrons. The highest BCUT2D eigenvalue weighted by atomic mass is 16.1. The van der Waals surface area contributed by atoms with Crippen LogP contribution in [0.3, 0.4) is 0 Å². The van der Waals surface area contributed by atoms with E-state index in [4.69, 9.17) is 0 Å². The summed E-state index contributed by atoms with van der Waals surface area (Å²) in [5.41, 5.74) is 2.16. The molecule has 0 atom stereocenters. The van der Waals surface area contributed by atoms with Gasteiger partial charge in [0, 0.05) is 12.7 Å². The molecular formula is C13H18N4O. The average molecular weight is 246 g/mol. The molecule has 0 aliphatic heterocycles. The van der Waals surface area contributed by atoms with Gasteiger partial charge in [-0.3, -0.25) is 9.78 Å². The normalized spacial score (nSPS) is 11.3. The Balaban J connectivity index is 2.41. The van der Waals surface area contributed by atoms with Crippen molar-refractivity contribution in [2.45, 2.75) is 19.9 Å². The SMILES string of the molecule is Cc1nc2cnccc2n(CCCN(C)C)c1=O. The number of rotatable bonds is 4. The zero-order valence-corrected chi connectivity index (χ0v) is 11.1. The zero-order valence-electron chi connectivity index (χ0n) is 11.1. The Morgan fingerprint density at radius 2 is 2.17 bits per heavy atom. The first-order valence-electron chi connectivity index (χ1n) is 6.05. The molecule has 0 N–H and O–H groups in total. The maximum atomic E-state index is 12.1. The van der Waals surface area contributed by atoms with Crippen LogP contribution in [0.1, 0.15) is 12.1 Å². The van der Waals surface area contributed by atoms with Crippen LogP contribution in [0.25, 0.3) is 11.0 Å². The predicted molar refractivity (Wildman–Crippen MR) is 71.7 cm³/mol. The van der Waals surface area contributed by atoms with Crippen molar-refractivity contribution < 1.29 is 0 Å². The van der Waals surface area contributed by atoms with Crippen molar-refractivity contribution in [1.29, 1.82) is 0 Å². The monoisotopic (exact) mass is 246 g/mol. The fourth-order valence-corrected chi connectivity index (χ4v) is 1.99. The molecule has 0 saturated heterocycles. The molecule has 0 amide bonds. The van der Waals surface area contributed by atoms with Gasteiger partial charge in [-0.2, -0.15) is 0 Å². The predicted octanol–water partition coefficient (Wildman–Crippen LogP) is 1.05. The minimum absolute atomic E-state index is 0.00699. The van der Waals surface area contributed by atoms with Crippen LogP contribution in [0.5, 0.6) is 0 Å². The second-order valence-corrected chi connectivity index (χ2v) is 4.68. The van der Waals surface area contributed by atoms with E-state index >= 15 is 0 Å².